The highest BCUT2D eigenvalue weighted by molar-refractivity contribution is 5.45. The van der Waals surface area contributed by atoms with Crippen LogP contribution >= 0.6 is 0 Å². The van der Waals surface area contributed by atoms with Crippen molar-refractivity contribution in [2.75, 3.05) is 31.6 Å². The van der Waals surface area contributed by atoms with E-state index in [2.05, 4.69) is 36.5 Å². The molecule has 0 radical (unpaired) electrons. The van der Waals surface area contributed by atoms with Gasteiger partial charge in [0.25, 0.3) is 0 Å². The highest BCUT2D eigenvalue weighted by atomic mass is 16.5. The molecule has 1 aliphatic heterocycles. The van der Waals surface area contributed by atoms with E-state index in [1.165, 1.54) is 5.56 Å². The molecule has 0 aromatic heterocycles. The van der Waals surface area contributed by atoms with Crippen molar-refractivity contribution in [3.05, 3.63) is 29.8 Å². The fraction of sp³-hybridized carbons (Fsp3) is 0.500. The molecule has 1 aromatic carbocycles. The molecule has 1 aliphatic rings. The Bertz CT molecular complexity index is 329. The van der Waals surface area contributed by atoms with Gasteiger partial charge in [0.05, 0.1) is 13.2 Å². The molecule has 1 heterocycles. The van der Waals surface area contributed by atoms with Crippen LogP contribution in [-0.2, 0) is 4.74 Å². The summed E-state index contributed by atoms with van der Waals surface area (Å²) < 4.78 is 5.22. The summed E-state index contributed by atoms with van der Waals surface area (Å²) in [5, 5.41) is 3.42. The molecule has 0 saturated carbocycles. The van der Waals surface area contributed by atoms with Gasteiger partial charge in [-0.2, -0.15) is 0 Å². The number of benzene rings is 1. The smallest absolute Gasteiger partial charge is 0.0574 e. The van der Waals surface area contributed by atoms with Crippen molar-refractivity contribution in [2.24, 2.45) is 11.1 Å². The quantitative estimate of drug-likeness (QED) is 0.782. The van der Waals surface area contributed by atoms with Gasteiger partial charge >= 0.3 is 0 Å². The van der Waals surface area contributed by atoms with E-state index < -0.39 is 0 Å². The summed E-state index contributed by atoms with van der Waals surface area (Å²) in [4.78, 5) is 0. The number of hydrogen-bond acceptors (Lipinski definition) is 3. The van der Waals surface area contributed by atoms with Gasteiger partial charge in [-0.3, -0.25) is 0 Å². The van der Waals surface area contributed by atoms with Crippen molar-refractivity contribution in [2.45, 2.75) is 6.92 Å². The Morgan fingerprint density at radius 1 is 1.47 bits per heavy atom. The van der Waals surface area contributed by atoms with E-state index >= 15 is 0 Å². The van der Waals surface area contributed by atoms with E-state index in [1.54, 1.807) is 0 Å². The van der Waals surface area contributed by atoms with Gasteiger partial charge in [-0.25, -0.2) is 0 Å². The minimum absolute atomic E-state index is 0.156. The number of rotatable bonds is 4. The maximum Gasteiger partial charge on any atom is 0.0574 e. The van der Waals surface area contributed by atoms with Crippen LogP contribution in [0.5, 0.6) is 0 Å². The van der Waals surface area contributed by atoms with Crippen molar-refractivity contribution >= 4 is 5.69 Å². The SMILES string of the molecule is Cc1cccc(NCC2(CN)COC2)c1. The highest BCUT2D eigenvalue weighted by Gasteiger charge is 2.36. The summed E-state index contributed by atoms with van der Waals surface area (Å²) in [7, 11) is 0. The Kier molecular flexibility index (Phi) is 2.93. The fourth-order valence-electron chi connectivity index (χ4n) is 1.73. The normalized spacial score (nSPS) is 18.3. The third kappa shape index (κ3) is 2.30. The maximum atomic E-state index is 5.74. The Balaban J connectivity index is 1.92. The average Bonchev–Trinajstić information content (AvgIpc) is 2.17. The van der Waals surface area contributed by atoms with Crippen LogP contribution in [0, 0.1) is 12.3 Å². The molecule has 1 aromatic rings. The molecule has 82 valence electrons. The molecule has 2 rings (SSSR count). The molecule has 3 nitrogen and oxygen atoms in total. The number of nitrogens with two attached hydrogens (primary N) is 1. The first kappa shape index (κ1) is 10.5. The summed E-state index contributed by atoms with van der Waals surface area (Å²) in [6.07, 6.45) is 0. The third-order valence-electron chi connectivity index (χ3n) is 2.94. The second-order valence-electron chi connectivity index (χ2n) is 4.42. The molecule has 3 N–H and O–H groups in total. The zero-order valence-corrected chi connectivity index (χ0v) is 9.12. The third-order valence-corrected chi connectivity index (χ3v) is 2.94. The molecule has 1 saturated heterocycles. The van der Waals surface area contributed by atoms with Gasteiger partial charge < -0.3 is 15.8 Å². The molecular formula is C12H18N2O. The number of ether oxygens (including phenoxy) is 1. The summed E-state index contributed by atoms with van der Waals surface area (Å²) >= 11 is 0. The van der Waals surface area contributed by atoms with E-state index in [0.29, 0.717) is 6.54 Å². The Hall–Kier alpha value is -1.06. The second-order valence-corrected chi connectivity index (χ2v) is 4.42. The molecule has 1 fully saturated rings. The van der Waals surface area contributed by atoms with E-state index in [0.717, 1.165) is 25.4 Å². The van der Waals surface area contributed by atoms with Crippen molar-refractivity contribution in [1.29, 1.82) is 0 Å². The summed E-state index contributed by atoms with van der Waals surface area (Å²) in [5.41, 5.74) is 8.33. The van der Waals surface area contributed by atoms with Crippen LogP contribution in [0.15, 0.2) is 24.3 Å². The lowest BCUT2D eigenvalue weighted by atomic mass is 9.86. The van der Waals surface area contributed by atoms with Crippen LogP contribution in [0.3, 0.4) is 0 Å². The number of nitrogens with one attached hydrogen (secondary N) is 1. The largest absolute Gasteiger partial charge is 0.384 e. The van der Waals surface area contributed by atoms with Crippen LogP contribution < -0.4 is 11.1 Å². The lowest BCUT2D eigenvalue weighted by molar-refractivity contribution is -0.0979. The zero-order chi connectivity index (χ0) is 10.7. The van der Waals surface area contributed by atoms with Crippen LogP contribution in [0.4, 0.5) is 5.69 Å². The minimum atomic E-state index is 0.156. The van der Waals surface area contributed by atoms with Crippen molar-refractivity contribution in [1.82, 2.24) is 0 Å². The zero-order valence-electron chi connectivity index (χ0n) is 9.12. The Morgan fingerprint density at radius 3 is 2.80 bits per heavy atom. The minimum Gasteiger partial charge on any atom is -0.384 e. The van der Waals surface area contributed by atoms with E-state index in [1.807, 2.05) is 0 Å². The van der Waals surface area contributed by atoms with Crippen LogP contribution in [0.1, 0.15) is 5.56 Å². The van der Waals surface area contributed by atoms with Crippen molar-refractivity contribution < 1.29 is 4.74 Å². The van der Waals surface area contributed by atoms with Gasteiger partial charge in [-0.1, -0.05) is 12.1 Å². The number of hydrogen-bond donors (Lipinski definition) is 2. The average molecular weight is 206 g/mol. The van der Waals surface area contributed by atoms with Gasteiger partial charge in [0.1, 0.15) is 0 Å². The van der Waals surface area contributed by atoms with E-state index in [9.17, 15) is 0 Å². The highest BCUT2D eigenvalue weighted by Crippen LogP contribution is 2.26. The van der Waals surface area contributed by atoms with Crippen LogP contribution in [0.25, 0.3) is 0 Å². The molecule has 15 heavy (non-hydrogen) atoms. The van der Waals surface area contributed by atoms with Gasteiger partial charge in [-0.05, 0) is 24.6 Å². The van der Waals surface area contributed by atoms with Crippen LogP contribution in [-0.4, -0.2) is 26.3 Å². The molecule has 0 aliphatic carbocycles. The summed E-state index contributed by atoms with van der Waals surface area (Å²) in [6, 6.07) is 8.38. The first-order valence-electron chi connectivity index (χ1n) is 5.32. The predicted octanol–water partition coefficient (Wildman–Crippen LogP) is 1.38. The molecule has 0 spiro atoms. The molecule has 0 unspecified atom stereocenters. The summed E-state index contributed by atoms with van der Waals surface area (Å²) in [5.74, 6) is 0. The van der Waals surface area contributed by atoms with E-state index in [-0.39, 0.29) is 5.41 Å². The van der Waals surface area contributed by atoms with Crippen molar-refractivity contribution in [3.8, 4) is 0 Å². The molecule has 0 bridgehead atoms. The monoisotopic (exact) mass is 206 g/mol. The van der Waals surface area contributed by atoms with Gasteiger partial charge in [-0.15, -0.1) is 0 Å². The van der Waals surface area contributed by atoms with Crippen LogP contribution in [0.2, 0.25) is 0 Å². The van der Waals surface area contributed by atoms with Gasteiger partial charge in [0.15, 0.2) is 0 Å². The first-order chi connectivity index (χ1) is 7.24. The predicted molar refractivity (Wildman–Crippen MR) is 62.0 cm³/mol. The Morgan fingerprint density at radius 2 is 2.27 bits per heavy atom. The van der Waals surface area contributed by atoms with Gasteiger partial charge in [0.2, 0.25) is 0 Å². The van der Waals surface area contributed by atoms with Crippen molar-refractivity contribution in [3.63, 3.8) is 0 Å². The van der Waals surface area contributed by atoms with E-state index in [4.69, 9.17) is 10.5 Å². The Labute approximate surface area is 90.6 Å². The molecular weight excluding hydrogens is 188 g/mol. The first-order valence-corrected chi connectivity index (χ1v) is 5.32. The second kappa shape index (κ2) is 4.21. The van der Waals surface area contributed by atoms with Gasteiger partial charge in [0, 0.05) is 24.2 Å². The molecule has 0 amide bonds. The lowest BCUT2D eigenvalue weighted by Gasteiger charge is -2.40. The summed E-state index contributed by atoms with van der Waals surface area (Å²) in [6.45, 7) is 5.24. The standard InChI is InChI=1S/C12H18N2O/c1-10-3-2-4-11(5-10)14-7-12(6-13)8-15-9-12/h2-5,14H,6-9,13H2,1H3. The number of anilines is 1. The molecule has 0 atom stereocenters. The fourth-order valence-corrected chi connectivity index (χ4v) is 1.73. The maximum absolute atomic E-state index is 5.74. The number of aryl methyl sites for hydroxylation is 1. The lowest BCUT2D eigenvalue weighted by Crippen LogP contribution is -2.52. The molecule has 3 heteroatoms. The topological polar surface area (TPSA) is 47.3 Å².